The quantitative estimate of drug-likeness (QED) is 0.738. The molecule has 0 fully saturated rings. The summed E-state index contributed by atoms with van der Waals surface area (Å²) >= 11 is 0. The van der Waals surface area contributed by atoms with Crippen LogP contribution >= 0.6 is 0 Å². The van der Waals surface area contributed by atoms with Crippen LogP contribution < -0.4 is 5.32 Å². The van der Waals surface area contributed by atoms with Gasteiger partial charge in [0.25, 0.3) is 21.8 Å². The molecule has 0 spiro atoms. The molecule has 164 valence electrons. The summed E-state index contributed by atoms with van der Waals surface area (Å²) < 4.78 is 27.4. The van der Waals surface area contributed by atoms with Crippen molar-refractivity contribution in [2.45, 2.75) is 53.6 Å². The van der Waals surface area contributed by atoms with E-state index in [0.29, 0.717) is 16.7 Å². The van der Waals surface area contributed by atoms with Gasteiger partial charge in [0.1, 0.15) is 4.91 Å². The molecule has 1 heterocycles. The molecule has 1 aliphatic rings. The fourth-order valence-corrected chi connectivity index (χ4v) is 5.23. The Morgan fingerprint density at radius 2 is 1.68 bits per heavy atom. The first-order valence-corrected chi connectivity index (χ1v) is 11.8. The number of nitrogens with one attached hydrogen (secondary N) is 1. The summed E-state index contributed by atoms with van der Waals surface area (Å²) in [4.78, 5) is 25.1. The van der Waals surface area contributed by atoms with Crippen molar-refractivity contribution in [3.8, 4) is 0 Å². The van der Waals surface area contributed by atoms with Crippen LogP contribution in [0.3, 0.4) is 0 Å². The van der Waals surface area contributed by atoms with Gasteiger partial charge in [-0.25, -0.2) is 12.7 Å². The van der Waals surface area contributed by atoms with Gasteiger partial charge in [-0.2, -0.15) is 0 Å². The van der Waals surface area contributed by atoms with E-state index in [1.807, 2.05) is 33.8 Å². The summed E-state index contributed by atoms with van der Waals surface area (Å²) in [5.74, 6) is -0.702. The molecule has 3 rings (SSSR count). The predicted octanol–water partition coefficient (Wildman–Crippen LogP) is 3.93. The van der Waals surface area contributed by atoms with Crippen LogP contribution in [0, 0.1) is 13.8 Å². The number of rotatable bonds is 6. The van der Waals surface area contributed by atoms with Gasteiger partial charge in [0.2, 0.25) is 0 Å². The van der Waals surface area contributed by atoms with Crippen molar-refractivity contribution in [1.82, 2.24) is 9.62 Å². The van der Waals surface area contributed by atoms with Crippen molar-refractivity contribution >= 4 is 26.7 Å². The molecule has 0 unspecified atom stereocenters. The highest BCUT2D eigenvalue weighted by Gasteiger charge is 2.42. The van der Waals surface area contributed by atoms with Crippen LogP contribution in [-0.4, -0.2) is 30.6 Å². The molecule has 1 N–H and O–H groups in total. The number of amides is 2. The van der Waals surface area contributed by atoms with Crippen molar-refractivity contribution < 1.29 is 18.0 Å². The molecule has 1 atom stereocenters. The lowest BCUT2D eigenvalue weighted by Crippen LogP contribution is -2.32. The van der Waals surface area contributed by atoms with E-state index in [1.165, 1.54) is 0 Å². The Morgan fingerprint density at radius 3 is 2.26 bits per heavy atom. The zero-order valence-corrected chi connectivity index (χ0v) is 19.3. The van der Waals surface area contributed by atoms with E-state index in [4.69, 9.17) is 0 Å². The van der Waals surface area contributed by atoms with Crippen LogP contribution in [0.15, 0.2) is 48.0 Å². The molecule has 31 heavy (non-hydrogen) atoms. The van der Waals surface area contributed by atoms with Gasteiger partial charge in [-0.1, -0.05) is 37.3 Å². The normalized spacial score (nSPS) is 16.5. The number of nitrogens with zero attached hydrogens (tertiary/aromatic N) is 1. The smallest absolute Gasteiger partial charge is 0.268 e. The Bertz CT molecular complexity index is 1160. The molecule has 2 aromatic rings. The molecule has 1 aliphatic heterocycles. The minimum absolute atomic E-state index is 0.0603. The highest BCUT2D eigenvalue weighted by Crippen LogP contribution is 2.37. The van der Waals surface area contributed by atoms with E-state index < -0.39 is 15.9 Å². The molecule has 6 nitrogen and oxygen atoms in total. The fourth-order valence-electron chi connectivity index (χ4n) is 3.44. The maximum absolute atomic E-state index is 13.2. The average Bonchev–Trinajstić information content (AvgIpc) is 2.89. The summed E-state index contributed by atoms with van der Waals surface area (Å²) in [6.07, 6.45) is 0.827. The lowest BCUT2D eigenvalue weighted by Gasteiger charge is -2.17. The first-order chi connectivity index (χ1) is 14.6. The average molecular weight is 441 g/mol. The number of sulfonamides is 1. The van der Waals surface area contributed by atoms with Gasteiger partial charge in [0, 0.05) is 17.2 Å². The zero-order valence-electron chi connectivity index (χ0n) is 18.5. The summed E-state index contributed by atoms with van der Waals surface area (Å²) in [5.41, 5.74) is 3.88. The summed E-state index contributed by atoms with van der Waals surface area (Å²) in [5, 5.41) is 2.89. The number of carbonyl (C=O) groups is 2. The lowest BCUT2D eigenvalue weighted by atomic mass is 10.0. The Kier molecular flexibility index (Phi) is 6.36. The zero-order chi connectivity index (χ0) is 22.9. The van der Waals surface area contributed by atoms with Crippen LogP contribution in [0.4, 0.5) is 0 Å². The van der Waals surface area contributed by atoms with Gasteiger partial charge < -0.3 is 5.32 Å². The van der Waals surface area contributed by atoms with E-state index in [2.05, 4.69) is 5.32 Å². The number of hydrogen-bond acceptors (Lipinski definition) is 4. The highest BCUT2D eigenvalue weighted by molar-refractivity contribution is 7.99. The second kappa shape index (κ2) is 8.67. The molecular weight excluding hydrogens is 412 g/mol. The summed E-state index contributed by atoms with van der Waals surface area (Å²) in [7, 11) is -3.97. The first kappa shape index (κ1) is 22.7. The van der Waals surface area contributed by atoms with E-state index >= 15 is 0 Å². The number of aryl methyl sites for hydroxylation is 2. The monoisotopic (exact) mass is 440 g/mol. The fraction of sp³-hybridized carbons (Fsp3) is 0.333. The molecule has 0 bridgehead atoms. The van der Waals surface area contributed by atoms with Gasteiger partial charge in [0.15, 0.2) is 0 Å². The van der Waals surface area contributed by atoms with Crippen LogP contribution in [0.2, 0.25) is 0 Å². The molecule has 2 aromatic carbocycles. The van der Waals surface area contributed by atoms with Crippen LogP contribution in [0.5, 0.6) is 0 Å². The third-order valence-corrected chi connectivity index (χ3v) is 7.67. The largest absolute Gasteiger partial charge is 0.350 e. The van der Waals surface area contributed by atoms with E-state index in [0.717, 1.165) is 21.9 Å². The molecule has 0 saturated carbocycles. The van der Waals surface area contributed by atoms with Gasteiger partial charge >= 0.3 is 0 Å². The van der Waals surface area contributed by atoms with Crippen LogP contribution in [0.1, 0.15) is 59.8 Å². The maximum atomic E-state index is 13.2. The number of hydrogen-bond donors (Lipinski definition) is 1. The Labute approximate surface area is 184 Å². The Morgan fingerprint density at radius 1 is 1.03 bits per heavy atom. The topological polar surface area (TPSA) is 83.6 Å². The van der Waals surface area contributed by atoms with Crippen molar-refractivity contribution in [2.75, 3.05) is 0 Å². The van der Waals surface area contributed by atoms with Crippen molar-refractivity contribution in [2.24, 2.45) is 0 Å². The summed E-state index contributed by atoms with van der Waals surface area (Å²) in [6, 6.07) is 12.1. The highest BCUT2D eigenvalue weighted by atomic mass is 32.2. The number of benzene rings is 2. The van der Waals surface area contributed by atoms with Crippen molar-refractivity contribution in [1.29, 1.82) is 0 Å². The Hall–Kier alpha value is -2.93. The molecule has 2 amide bonds. The second-order valence-electron chi connectivity index (χ2n) is 8.05. The van der Waals surface area contributed by atoms with Crippen molar-refractivity contribution in [3.63, 3.8) is 0 Å². The Balaban J connectivity index is 1.84. The molecule has 0 radical (unpaired) electrons. The lowest BCUT2D eigenvalue weighted by molar-refractivity contribution is -0.122. The molecule has 0 aromatic heterocycles. The van der Waals surface area contributed by atoms with Crippen LogP contribution in [0.25, 0.3) is 4.91 Å². The van der Waals surface area contributed by atoms with Crippen molar-refractivity contribution in [3.05, 3.63) is 75.9 Å². The molecular formula is C24H28N2O4S. The van der Waals surface area contributed by atoms with E-state index in [9.17, 15) is 18.0 Å². The van der Waals surface area contributed by atoms with Gasteiger partial charge in [0.05, 0.1) is 6.54 Å². The predicted molar refractivity (Wildman–Crippen MR) is 122 cm³/mol. The molecule has 0 aliphatic carbocycles. The van der Waals surface area contributed by atoms with Gasteiger partial charge in [-0.3, -0.25) is 9.59 Å². The van der Waals surface area contributed by atoms with E-state index in [-0.39, 0.29) is 29.0 Å². The van der Waals surface area contributed by atoms with Gasteiger partial charge in [-0.05, 0) is 68.5 Å². The third kappa shape index (κ3) is 4.42. The SMILES string of the molecule is CC[C@H](C)NC(=O)c1ccc(CN2C(=O)C(C)=C(c3ccc(C)c(C)c3)S2(=O)=O)cc1. The van der Waals surface area contributed by atoms with Gasteiger partial charge in [-0.15, -0.1) is 0 Å². The third-order valence-electron chi connectivity index (χ3n) is 5.74. The van der Waals surface area contributed by atoms with Crippen LogP contribution in [-0.2, 0) is 21.4 Å². The second-order valence-corrected chi connectivity index (χ2v) is 9.85. The minimum Gasteiger partial charge on any atom is -0.350 e. The molecule has 0 saturated heterocycles. The standard InChI is InChI=1S/C24H28N2O4S/c1-6-17(4)25-23(27)20-11-8-19(9-12-20)14-26-24(28)18(5)22(31(26,29)30)21-10-7-15(2)16(3)13-21/h7-13,17H,6,14H2,1-5H3,(H,25,27)/t17-/m0/s1. The minimum atomic E-state index is -3.97. The first-order valence-electron chi connectivity index (χ1n) is 10.3. The van der Waals surface area contributed by atoms with E-state index in [1.54, 1.807) is 43.3 Å². The number of carbonyl (C=O) groups excluding carboxylic acids is 2. The molecule has 7 heteroatoms. The maximum Gasteiger partial charge on any atom is 0.268 e. The summed E-state index contributed by atoms with van der Waals surface area (Å²) in [6.45, 7) is 9.25.